The van der Waals surface area contributed by atoms with Gasteiger partial charge in [-0.1, -0.05) is 22.0 Å². The van der Waals surface area contributed by atoms with Crippen molar-refractivity contribution < 1.29 is 5.11 Å². The number of rotatable bonds is 4. The van der Waals surface area contributed by atoms with Crippen LogP contribution in [0.5, 0.6) is 0 Å². The zero-order valence-electron chi connectivity index (χ0n) is 11.5. The second-order valence-electron chi connectivity index (χ2n) is 5.62. The number of fused-ring (bicyclic) bond motifs is 1. The van der Waals surface area contributed by atoms with Crippen molar-refractivity contribution in [1.82, 2.24) is 9.88 Å². The van der Waals surface area contributed by atoms with Gasteiger partial charge < -0.3 is 5.11 Å². The van der Waals surface area contributed by atoms with Gasteiger partial charge >= 0.3 is 0 Å². The zero-order chi connectivity index (χ0) is 14.0. The van der Waals surface area contributed by atoms with Gasteiger partial charge in [-0.2, -0.15) is 0 Å². The Labute approximate surface area is 122 Å². The van der Waals surface area contributed by atoms with Gasteiger partial charge in [-0.25, -0.2) is 0 Å². The van der Waals surface area contributed by atoms with Gasteiger partial charge in [0.05, 0.1) is 11.1 Å². The SMILES string of the molecule is CN(Cc1cc(Br)cc2cccnc12)CC(C)(C)O. The minimum atomic E-state index is -0.690. The summed E-state index contributed by atoms with van der Waals surface area (Å²) >= 11 is 3.54. The van der Waals surface area contributed by atoms with Crippen LogP contribution in [0.25, 0.3) is 10.9 Å². The first-order valence-electron chi connectivity index (χ1n) is 6.29. The molecule has 0 aliphatic carbocycles. The average molecular weight is 323 g/mol. The summed E-state index contributed by atoms with van der Waals surface area (Å²) in [6.45, 7) is 5.02. The summed E-state index contributed by atoms with van der Waals surface area (Å²) in [4.78, 5) is 6.57. The minimum absolute atomic E-state index is 0.619. The van der Waals surface area contributed by atoms with Crippen molar-refractivity contribution in [2.45, 2.75) is 26.0 Å². The molecular weight excluding hydrogens is 304 g/mol. The van der Waals surface area contributed by atoms with Gasteiger partial charge in [-0.15, -0.1) is 0 Å². The van der Waals surface area contributed by atoms with Crippen molar-refractivity contribution in [3.63, 3.8) is 0 Å². The van der Waals surface area contributed by atoms with E-state index in [4.69, 9.17) is 0 Å². The van der Waals surface area contributed by atoms with Crippen LogP contribution in [0, 0.1) is 0 Å². The number of aliphatic hydroxyl groups is 1. The second-order valence-corrected chi connectivity index (χ2v) is 6.54. The van der Waals surface area contributed by atoms with E-state index < -0.39 is 5.60 Å². The molecule has 1 N–H and O–H groups in total. The summed E-state index contributed by atoms with van der Waals surface area (Å²) in [5.74, 6) is 0. The van der Waals surface area contributed by atoms with Crippen LogP contribution < -0.4 is 0 Å². The molecule has 0 atom stereocenters. The lowest BCUT2D eigenvalue weighted by molar-refractivity contribution is 0.0426. The molecule has 0 spiro atoms. The molecule has 1 heterocycles. The third kappa shape index (κ3) is 4.00. The number of hydrogen-bond donors (Lipinski definition) is 1. The first kappa shape index (κ1) is 14.4. The molecule has 19 heavy (non-hydrogen) atoms. The first-order chi connectivity index (χ1) is 8.85. The van der Waals surface area contributed by atoms with Gasteiger partial charge in [-0.3, -0.25) is 9.88 Å². The summed E-state index contributed by atoms with van der Waals surface area (Å²) in [6, 6.07) is 8.17. The molecule has 0 aliphatic rings. The number of aromatic nitrogens is 1. The minimum Gasteiger partial charge on any atom is -0.389 e. The number of likely N-dealkylation sites (N-methyl/N-ethyl adjacent to an activating group) is 1. The van der Waals surface area contributed by atoms with E-state index in [9.17, 15) is 5.11 Å². The van der Waals surface area contributed by atoms with Gasteiger partial charge in [0.2, 0.25) is 0 Å². The Hall–Kier alpha value is -0.970. The van der Waals surface area contributed by atoms with Crippen LogP contribution in [-0.2, 0) is 6.54 Å². The molecular formula is C15H19BrN2O. The molecule has 2 aromatic rings. The predicted molar refractivity (Wildman–Crippen MR) is 82.1 cm³/mol. The fourth-order valence-corrected chi connectivity index (χ4v) is 2.88. The molecule has 0 fully saturated rings. The highest BCUT2D eigenvalue weighted by atomic mass is 79.9. The molecule has 2 rings (SSSR count). The lowest BCUT2D eigenvalue weighted by atomic mass is 10.1. The molecule has 0 saturated carbocycles. The molecule has 0 unspecified atom stereocenters. The van der Waals surface area contributed by atoms with Crippen molar-refractivity contribution in [2.75, 3.05) is 13.6 Å². The van der Waals surface area contributed by atoms with Crippen molar-refractivity contribution in [2.24, 2.45) is 0 Å². The van der Waals surface area contributed by atoms with Gasteiger partial charge in [0.25, 0.3) is 0 Å². The number of benzene rings is 1. The van der Waals surface area contributed by atoms with E-state index in [1.807, 2.05) is 33.2 Å². The Morgan fingerprint density at radius 1 is 1.37 bits per heavy atom. The molecule has 0 amide bonds. The monoisotopic (exact) mass is 322 g/mol. The highest BCUT2D eigenvalue weighted by Crippen LogP contribution is 2.23. The highest BCUT2D eigenvalue weighted by Gasteiger charge is 2.16. The highest BCUT2D eigenvalue weighted by molar-refractivity contribution is 9.10. The quantitative estimate of drug-likeness (QED) is 0.939. The lowest BCUT2D eigenvalue weighted by Gasteiger charge is -2.25. The smallest absolute Gasteiger partial charge is 0.0747 e. The van der Waals surface area contributed by atoms with Crippen molar-refractivity contribution >= 4 is 26.8 Å². The Morgan fingerprint density at radius 3 is 2.79 bits per heavy atom. The number of pyridine rings is 1. The maximum atomic E-state index is 9.87. The topological polar surface area (TPSA) is 36.4 Å². The van der Waals surface area contributed by atoms with E-state index in [0.29, 0.717) is 6.54 Å². The molecule has 4 heteroatoms. The van der Waals surface area contributed by atoms with E-state index in [2.05, 4.69) is 44.0 Å². The third-order valence-corrected chi connectivity index (χ3v) is 3.30. The normalized spacial score (nSPS) is 12.3. The standard InChI is InChI=1S/C15H19BrN2O/c1-15(2,19)10-18(3)9-12-8-13(16)7-11-5-4-6-17-14(11)12/h4-8,19H,9-10H2,1-3H3. The van der Waals surface area contributed by atoms with Crippen LogP contribution in [0.1, 0.15) is 19.4 Å². The summed E-state index contributed by atoms with van der Waals surface area (Å²) in [5, 5.41) is 11.0. The average Bonchev–Trinajstić information content (AvgIpc) is 2.25. The summed E-state index contributed by atoms with van der Waals surface area (Å²) in [5.41, 5.74) is 1.49. The molecule has 1 aromatic heterocycles. The van der Waals surface area contributed by atoms with Crippen LogP contribution >= 0.6 is 15.9 Å². The summed E-state index contributed by atoms with van der Waals surface area (Å²) in [6.07, 6.45) is 1.82. The maximum Gasteiger partial charge on any atom is 0.0747 e. The fraction of sp³-hybridized carbons (Fsp3) is 0.400. The second kappa shape index (κ2) is 5.57. The number of nitrogens with zero attached hydrogens (tertiary/aromatic N) is 2. The van der Waals surface area contributed by atoms with Crippen LogP contribution in [0.15, 0.2) is 34.9 Å². The van der Waals surface area contributed by atoms with Gasteiger partial charge in [0, 0.05) is 29.1 Å². The Morgan fingerprint density at radius 2 is 2.11 bits per heavy atom. The van der Waals surface area contributed by atoms with Crippen molar-refractivity contribution in [1.29, 1.82) is 0 Å². The predicted octanol–water partition coefficient (Wildman–Crippen LogP) is 3.20. The molecule has 0 aliphatic heterocycles. The fourth-order valence-electron chi connectivity index (χ4n) is 2.36. The molecule has 3 nitrogen and oxygen atoms in total. The Balaban J connectivity index is 2.29. The van der Waals surface area contributed by atoms with Crippen molar-refractivity contribution in [3.05, 3.63) is 40.5 Å². The number of halogens is 1. The molecule has 0 radical (unpaired) electrons. The largest absolute Gasteiger partial charge is 0.389 e. The molecule has 0 bridgehead atoms. The molecule has 0 saturated heterocycles. The summed E-state index contributed by atoms with van der Waals surface area (Å²) < 4.78 is 1.06. The van der Waals surface area contributed by atoms with Gasteiger partial charge in [0.15, 0.2) is 0 Å². The van der Waals surface area contributed by atoms with Crippen molar-refractivity contribution in [3.8, 4) is 0 Å². The molecule has 102 valence electrons. The van der Waals surface area contributed by atoms with E-state index in [-0.39, 0.29) is 0 Å². The zero-order valence-corrected chi connectivity index (χ0v) is 13.1. The van der Waals surface area contributed by atoms with E-state index in [0.717, 1.165) is 27.5 Å². The van der Waals surface area contributed by atoms with Crippen LogP contribution in [-0.4, -0.2) is 34.2 Å². The number of hydrogen-bond acceptors (Lipinski definition) is 3. The summed E-state index contributed by atoms with van der Waals surface area (Å²) in [7, 11) is 2.01. The third-order valence-electron chi connectivity index (χ3n) is 2.85. The van der Waals surface area contributed by atoms with Crippen LogP contribution in [0.3, 0.4) is 0 Å². The van der Waals surface area contributed by atoms with E-state index in [1.165, 1.54) is 0 Å². The van der Waals surface area contributed by atoms with Crippen LogP contribution in [0.2, 0.25) is 0 Å². The maximum absolute atomic E-state index is 9.87. The first-order valence-corrected chi connectivity index (χ1v) is 7.08. The molecule has 1 aromatic carbocycles. The Kier molecular flexibility index (Phi) is 4.23. The van der Waals surface area contributed by atoms with Crippen LogP contribution in [0.4, 0.5) is 0 Å². The Bertz CT molecular complexity index is 578. The van der Waals surface area contributed by atoms with Gasteiger partial charge in [0.1, 0.15) is 0 Å². The lowest BCUT2D eigenvalue weighted by Crippen LogP contribution is -2.35. The van der Waals surface area contributed by atoms with E-state index in [1.54, 1.807) is 0 Å². The van der Waals surface area contributed by atoms with Gasteiger partial charge in [-0.05, 0) is 44.7 Å². The van der Waals surface area contributed by atoms with E-state index >= 15 is 0 Å².